The molecule has 4 nitrogen and oxygen atoms in total. The minimum absolute atomic E-state index is 0.162. The first-order valence-electron chi connectivity index (χ1n) is 7.63. The van der Waals surface area contributed by atoms with Gasteiger partial charge >= 0.3 is 6.18 Å². The molecule has 0 fully saturated rings. The molecule has 0 atom stereocenters. The molecule has 27 heavy (non-hydrogen) atoms. The van der Waals surface area contributed by atoms with Gasteiger partial charge in [-0.3, -0.25) is 4.79 Å². The van der Waals surface area contributed by atoms with Crippen molar-refractivity contribution < 1.29 is 22.7 Å². The fourth-order valence-electron chi connectivity index (χ4n) is 2.10. The van der Waals surface area contributed by atoms with Crippen LogP contribution in [0.4, 0.5) is 13.2 Å². The lowest BCUT2D eigenvalue weighted by Crippen LogP contribution is -2.20. The van der Waals surface area contributed by atoms with Gasteiger partial charge in [0.1, 0.15) is 12.4 Å². The van der Waals surface area contributed by atoms with E-state index in [1.165, 1.54) is 18.3 Å². The molecule has 0 aliphatic rings. The molecule has 0 saturated carbocycles. The first kappa shape index (κ1) is 20.8. The number of nitrogens with zero attached hydrogens (tertiary/aromatic N) is 1. The standard InChI is InChI=1S/C19H14F3IN2O2/c1-2-8-27-17-7-6-14(10-16(17)23)12-24-25-18(26)11-13-4-3-5-15(9-13)19(20,21)22/h1,3-7,9-10,12H,8,11H2,(H,25,26)/b24-12+. The Labute approximate surface area is 167 Å². The van der Waals surface area contributed by atoms with Gasteiger partial charge in [-0.1, -0.05) is 24.1 Å². The molecule has 0 aliphatic heterocycles. The van der Waals surface area contributed by atoms with Gasteiger partial charge < -0.3 is 4.74 Å². The van der Waals surface area contributed by atoms with Gasteiger partial charge in [0.05, 0.1) is 21.8 Å². The van der Waals surface area contributed by atoms with Crippen molar-refractivity contribution in [1.82, 2.24) is 5.43 Å². The molecule has 0 spiro atoms. The monoisotopic (exact) mass is 486 g/mol. The molecular formula is C19H14F3IN2O2. The van der Waals surface area contributed by atoms with E-state index in [2.05, 4.69) is 39.0 Å². The molecular weight excluding hydrogens is 472 g/mol. The number of benzene rings is 2. The van der Waals surface area contributed by atoms with Crippen molar-refractivity contribution in [2.75, 3.05) is 6.61 Å². The van der Waals surface area contributed by atoms with Crippen LogP contribution in [0.2, 0.25) is 0 Å². The van der Waals surface area contributed by atoms with Crippen LogP contribution in [0.25, 0.3) is 0 Å². The molecule has 2 aromatic rings. The number of rotatable bonds is 6. The highest BCUT2D eigenvalue weighted by Gasteiger charge is 2.30. The molecule has 8 heteroatoms. The SMILES string of the molecule is C#CCOc1ccc(/C=N/NC(=O)Cc2cccc(C(F)(F)F)c2)cc1I. The van der Waals surface area contributed by atoms with Gasteiger partial charge in [0.2, 0.25) is 5.91 Å². The van der Waals surface area contributed by atoms with Crippen molar-refractivity contribution >= 4 is 34.7 Å². The maximum absolute atomic E-state index is 12.7. The molecule has 0 unspecified atom stereocenters. The van der Waals surface area contributed by atoms with Crippen LogP contribution < -0.4 is 10.2 Å². The fraction of sp³-hybridized carbons (Fsp3) is 0.158. The second-order valence-electron chi connectivity index (χ2n) is 5.35. The van der Waals surface area contributed by atoms with E-state index in [1.54, 1.807) is 18.2 Å². The summed E-state index contributed by atoms with van der Waals surface area (Å²) in [5.74, 6) is 2.49. The van der Waals surface area contributed by atoms with Crippen LogP contribution in [0.15, 0.2) is 47.6 Å². The summed E-state index contributed by atoms with van der Waals surface area (Å²) in [6.45, 7) is 0.162. The molecule has 0 aromatic heterocycles. The van der Waals surface area contributed by atoms with Crippen LogP contribution >= 0.6 is 22.6 Å². The minimum atomic E-state index is -4.45. The minimum Gasteiger partial charge on any atom is -0.480 e. The Morgan fingerprint density at radius 2 is 2.07 bits per heavy atom. The molecule has 2 aromatic carbocycles. The van der Waals surface area contributed by atoms with Gasteiger partial charge in [-0.2, -0.15) is 18.3 Å². The summed E-state index contributed by atoms with van der Waals surface area (Å²) < 4.78 is 44.2. The summed E-state index contributed by atoms with van der Waals surface area (Å²) in [7, 11) is 0. The Balaban J connectivity index is 1.94. The molecule has 0 saturated heterocycles. The number of ether oxygens (including phenoxy) is 1. The Morgan fingerprint density at radius 3 is 2.74 bits per heavy atom. The number of nitrogens with one attached hydrogen (secondary N) is 1. The Morgan fingerprint density at radius 1 is 1.30 bits per heavy atom. The summed E-state index contributed by atoms with van der Waals surface area (Å²) in [6, 6.07) is 9.87. The molecule has 0 aliphatic carbocycles. The number of alkyl halides is 3. The van der Waals surface area contributed by atoms with Crippen molar-refractivity contribution in [3.8, 4) is 18.1 Å². The average molecular weight is 486 g/mol. The molecule has 0 heterocycles. The normalized spacial score (nSPS) is 11.2. The lowest BCUT2D eigenvalue weighted by Gasteiger charge is -2.08. The topological polar surface area (TPSA) is 50.7 Å². The van der Waals surface area contributed by atoms with Gasteiger partial charge in [-0.05, 0) is 58.0 Å². The van der Waals surface area contributed by atoms with Crippen LogP contribution in [0.1, 0.15) is 16.7 Å². The Kier molecular flexibility index (Phi) is 7.24. The van der Waals surface area contributed by atoms with E-state index in [0.717, 1.165) is 15.7 Å². The first-order chi connectivity index (χ1) is 12.8. The van der Waals surface area contributed by atoms with Crippen molar-refractivity contribution in [3.63, 3.8) is 0 Å². The van der Waals surface area contributed by atoms with E-state index in [1.807, 2.05) is 0 Å². The van der Waals surface area contributed by atoms with Crippen molar-refractivity contribution in [2.45, 2.75) is 12.6 Å². The molecule has 140 valence electrons. The zero-order chi connectivity index (χ0) is 19.9. The maximum Gasteiger partial charge on any atom is 0.416 e. The number of terminal acetylenes is 1. The highest BCUT2D eigenvalue weighted by Crippen LogP contribution is 2.29. The summed E-state index contributed by atoms with van der Waals surface area (Å²) in [5, 5.41) is 3.82. The van der Waals surface area contributed by atoms with Gasteiger partial charge in [0, 0.05) is 0 Å². The van der Waals surface area contributed by atoms with Crippen LogP contribution in [0.5, 0.6) is 5.75 Å². The predicted octanol–water partition coefficient (Wildman–Crippen LogP) is 4.01. The zero-order valence-electron chi connectivity index (χ0n) is 13.9. The lowest BCUT2D eigenvalue weighted by molar-refractivity contribution is -0.137. The van der Waals surface area contributed by atoms with Gasteiger partial charge in [-0.25, -0.2) is 5.43 Å². The Hall–Kier alpha value is -2.54. The molecule has 0 bridgehead atoms. The van der Waals surface area contributed by atoms with E-state index in [4.69, 9.17) is 11.2 Å². The van der Waals surface area contributed by atoms with Crippen LogP contribution in [-0.4, -0.2) is 18.7 Å². The summed E-state index contributed by atoms with van der Waals surface area (Å²) in [6.07, 6.45) is 1.91. The first-order valence-corrected chi connectivity index (χ1v) is 8.71. The Bertz CT molecular complexity index is 889. The second-order valence-corrected chi connectivity index (χ2v) is 6.51. The van der Waals surface area contributed by atoms with Gasteiger partial charge in [0.25, 0.3) is 0 Å². The van der Waals surface area contributed by atoms with Crippen molar-refractivity contribution in [1.29, 1.82) is 0 Å². The van der Waals surface area contributed by atoms with Gasteiger partial charge in [-0.15, -0.1) is 6.42 Å². The quantitative estimate of drug-likeness (QED) is 0.291. The molecule has 1 N–H and O–H groups in total. The summed E-state index contributed by atoms with van der Waals surface area (Å²) in [5.41, 5.74) is 2.47. The average Bonchev–Trinajstić information content (AvgIpc) is 2.60. The third-order valence-electron chi connectivity index (χ3n) is 3.29. The number of carbonyl (C=O) groups is 1. The molecule has 1 amide bonds. The smallest absolute Gasteiger partial charge is 0.416 e. The summed E-state index contributed by atoms with van der Waals surface area (Å²) >= 11 is 2.08. The zero-order valence-corrected chi connectivity index (χ0v) is 16.0. The molecule has 0 radical (unpaired) electrons. The second kappa shape index (κ2) is 9.41. The highest BCUT2D eigenvalue weighted by atomic mass is 127. The van der Waals surface area contributed by atoms with E-state index in [0.29, 0.717) is 11.3 Å². The molecule has 2 rings (SSSR count). The van der Waals surface area contributed by atoms with Crippen molar-refractivity contribution in [2.24, 2.45) is 5.10 Å². The number of halogens is 4. The fourth-order valence-corrected chi connectivity index (χ4v) is 2.79. The van der Waals surface area contributed by atoms with E-state index in [9.17, 15) is 18.0 Å². The van der Waals surface area contributed by atoms with E-state index < -0.39 is 17.6 Å². The van der Waals surface area contributed by atoms with E-state index in [-0.39, 0.29) is 18.6 Å². The number of hydrogen-bond donors (Lipinski definition) is 1. The maximum atomic E-state index is 12.7. The van der Waals surface area contributed by atoms with Crippen molar-refractivity contribution in [3.05, 3.63) is 62.7 Å². The third kappa shape index (κ3) is 6.60. The largest absolute Gasteiger partial charge is 0.480 e. The van der Waals surface area contributed by atoms with E-state index >= 15 is 0 Å². The highest BCUT2D eigenvalue weighted by molar-refractivity contribution is 14.1. The van der Waals surface area contributed by atoms with Crippen LogP contribution in [0.3, 0.4) is 0 Å². The number of amides is 1. The third-order valence-corrected chi connectivity index (χ3v) is 4.13. The predicted molar refractivity (Wildman–Crippen MR) is 104 cm³/mol. The van der Waals surface area contributed by atoms with Crippen LogP contribution in [-0.2, 0) is 17.4 Å². The number of carbonyl (C=O) groups excluding carboxylic acids is 1. The lowest BCUT2D eigenvalue weighted by atomic mass is 10.1. The number of hydrogen-bond acceptors (Lipinski definition) is 3. The van der Waals surface area contributed by atoms with Gasteiger partial charge in [0.15, 0.2) is 0 Å². The number of hydrazone groups is 1. The summed E-state index contributed by atoms with van der Waals surface area (Å²) in [4.78, 5) is 11.9. The van der Waals surface area contributed by atoms with Crippen LogP contribution in [0, 0.1) is 15.9 Å².